The number of aliphatic hydroxyl groups excluding tert-OH is 1. The first-order valence-corrected chi connectivity index (χ1v) is 12.3. The van der Waals surface area contributed by atoms with E-state index < -0.39 is 18.0 Å². The number of hydrogen-bond donors (Lipinski definition) is 1. The average molecular weight is 511 g/mol. The lowest BCUT2D eigenvalue weighted by Crippen LogP contribution is -2.56. The van der Waals surface area contributed by atoms with E-state index in [4.69, 9.17) is 18.9 Å². The lowest BCUT2D eigenvalue weighted by atomic mass is 9.91. The van der Waals surface area contributed by atoms with Gasteiger partial charge in [-0.2, -0.15) is 0 Å². The van der Waals surface area contributed by atoms with Gasteiger partial charge in [0.05, 0.1) is 30.6 Å². The smallest absolute Gasteiger partial charge is 0.414 e. The third kappa shape index (κ3) is 4.49. The molecule has 10 nitrogen and oxygen atoms in total. The number of likely N-dealkylation sites (tertiary alicyclic amines) is 1. The first-order chi connectivity index (χ1) is 18.0. The molecule has 0 saturated carbocycles. The molecule has 37 heavy (non-hydrogen) atoms. The van der Waals surface area contributed by atoms with Crippen LogP contribution in [0.2, 0.25) is 0 Å². The van der Waals surface area contributed by atoms with Gasteiger partial charge in [0.2, 0.25) is 5.88 Å². The molecule has 3 aromatic rings. The van der Waals surface area contributed by atoms with Crippen molar-refractivity contribution in [3.05, 3.63) is 47.9 Å². The highest BCUT2D eigenvalue weighted by Crippen LogP contribution is 2.37. The van der Waals surface area contributed by atoms with E-state index in [1.807, 2.05) is 11.0 Å². The Morgan fingerprint density at radius 2 is 2.03 bits per heavy atom. The summed E-state index contributed by atoms with van der Waals surface area (Å²) in [5, 5.41) is 11.0. The van der Waals surface area contributed by atoms with E-state index in [-0.39, 0.29) is 29.6 Å². The number of methoxy groups -OCH3 is 1. The molecule has 0 spiro atoms. The van der Waals surface area contributed by atoms with Gasteiger partial charge in [-0.1, -0.05) is 0 Å². The number of fused-ring (bicyclic) bond motifs is 3. The highest BCUT2D eigenvalue weighted by Gasteiger charge is 2.40. The fourth-order valence-corrected chi connectivity index (χ4v) is 5.26. The number of ether oxygens (including phenoxy) is 4. The number of rotatable bonds is 5. The number of halogens is 1. The lowest BCUT2D eigenvalue weighted by molar-refractivity contribution is -0.0188. The highest BCUT2D eigenvalue weighted by atomic mass is 19.1. The largest absolute Gasteiger partial charge is 0.486 e. The van der Waals surface area contributed by atoms with Crippen molar-refractivity contribution in [1.29, 1.82) is 0 Å². The van der Waals surface area contributed by atoms with Crippen LogP contribution in [-0.4, -0.2) is 78.7 Å². The predicted octanol–water partition coefficient (Wildman–Crippen LogP) is 2.93. The topological polar surface area (TPSA) is 106 Å². The summed E-state index contributed by atoms with van der Waals surface area (Å²) in [6.07, 6.45) is -0.0364. The summed E-state index contributed by atoms with van der Waals surface area (Å²) < 4.78 is 37.0. The minimum Gasteiger partial charge on any atom is -0.486 e. The van der Waals surface area contributed by atoms with E-state index in [9.17, 15) is 14.3 Å². The fraction of sp³-hybridized carbons (Fsp3) is 0.423. The Hall–Kier alpha value is -3.70. The van der Waals surface area contributed by atoms with Crippen molar-refractivity contribution in [3.8, 4) is 17.4 Å². The second-order valence-corrected chi connectivity index (χ2v) is 9.43. The zero-order valence-corrected chi connectivity index (χ0v) is 20.3. The number of amides is 1. The Kier molecular flexibility index (Phi) is 6.17. The van der Waals surface area contributed by atoms with Gasteiger partial charge in [-0.3, -0.25) is 14.8 Å². The Morgan fingerprint density at radius 1 is 1.19 bits per heavy atom. The Balaban J connectivity index is 1.14. The molecule has 0 radical (unpaired) electrons. The van der Waals surface area contributed by atoms with Crippen LogP contribution in [0.15, 0.2) is 36.5 Å². The molecule has 5 heterocycles. The Labute approximate surface area is 212 Å². The minimum atomic E-state index is -1.14. The summed E-state index contributed by atoms with van der Waals surface area (Å²) in [6.45, 7) is 2.78. The van der Waals surface area contributed by atoms with Crippen LogP contribution >= 0.6 is 0 Å². The van der Waals surface area contributed by atoms with Crippen molar-refractivity contribution in [2.24, 2.45) is 5.92 Å². The SMILES string of the molecule is COc1ccc2ncc(F)c([C@H](O)CN3CCC4CN(c5ccc6c(c5)OCCO6)C(=O)OC4C3)c2n1. The number of piperidine rings is 1. The van der Waals surface area contributed by atoms with Crippen molar-refractivity contribution < 1.29 is 33.2 Å². The van der Waals surface area contributed by atoms with Gasteiger partial charge in [0.15, 0.2) is 11.5 Å². The van der Waals surface area contributed by atoms with Gasteiger partial charge < -0.3 is 24.1 Å². The first kappa shape index (κ1) is 23.7. The number of aliphatic hydroxyl groups is 1. The van der Waals surface area contributed by atoms with E-state index in [0.717, 1.165) is 12.6 Å². The van der Waals surface area contributed by atoms with Crippen LogP contribution in [-0.2, 0) is 4.74 Å². The molecule has 6 rings (SSSR count). The number of benzene rings is 1. The number of aromatic nitrogens is 2. The lowest BCUT2D eigenvalue weighted by Gasteiger charge is -2.44. The maximum absolute atomic E-state index is 14.8. The predicted molar refractivity (Wildman–Crippen MR) is 131 cm³/mol. The van der Waals surface area contributed by atoms with Crippen LogP contribution in [0.4, 0.5) is 14.9 Å². The molecule has 2 unspecified atom stereocenters. The summed E-state index contributed by atoms with van der Waals surface area (Å²) in [5.41, 5.74) is 1.52. The van der Waals surface area contributed by atoms with Crippen LogP contribution in [0.25, 0.3) is 11.0 Å². The van der Waals surface area contributed by atoms with Gasteiger partial charge in [-0.15, -0.1) is 0 Å². The van der Waals surface area contributed by atoms with Gasteiger partial charge in [-0.05, 0) is 31.2 Å². The van der Waals surface area contributed by atoms with Crippen LogP contribution in [0.1, 0.15) is 18.1 Å². The van der Waals surface area contributed by atoms with Crippen LogP contribution in [0, 0.1) is 11.7 Å². The van der Waals surface area contributed by atoms with Crippen LogP contribution < -0.4 is 19.1 Å². The van der Waals surface area contributed by atoms with E-state index in [0.29, 0.717) is 61.4 Å². The zero-order valence-electron chi connectivity index (χ0n) is 20.3. The molecular formula is C26H27FN4O6. The Morgan fingerprint density at radius 3 is 2.86 bits per heavy atom. The molecule has 1 amide bonds. The molecule has 1 N–H and O–H groups in total. The molecule has 2 fully saturated rings. The molecule has 11 heteroatoms. The maximum Gasteiger partial charge on any atom is 0.414 e. The molecule has 0 aliphatic carbocycles. The van der Waals surface area contributed by atoms with E-state index >= 15 is 0 Å². The van der Waals surface area contributed by atoms with E-state index in [2.05, 4.69) is 9.97 Å². The van der Waals surface area contributed by atoms with Gasteiger partial charge >= 0.3 is 6.09 Å². The molecule has 3 aliphatic rings. The highest BCUT2D eigenvalue weighted by molar-refractivity contribution is 5.89. The third-order valence-electron chi connectivity index (χ3n) is 7.16. The van der Waals surface area contributed by atoms with Gasteiger partial charge in [-0.25, -0.2) is 14.2 Å². The number of carbonyl (C=O) groups is 1. The standard InChI is InChI=1S/C26H27FN4O6/c1-34-23-5-3-18-25(29-23)24(17(27)11-28-18)19(32)13-30-7-6-15-12-31(26(33)37-22(15)14-30)16-2-4-20-21(10-16)36-9-8-35-20/h2-5,10-11,15,19,22,32H,6-9,12-14H2,1H3/t15?,19-,22?/m1/s1. The summed E-state index contributed by atoms with van der Waals surface area (Å²) in [6, 6.07) is 8.76. The molecule has 2 saturated heterocycles. The number of anilines is 1. The van der Waals surface area contributed by atoms with E-state index in [1.165, 1.54) is 7.11 Å². The first-order valence-electron chi connectivity index (χ1n) is 12.3. The third-order valence-corrected chi connectivity index (χ3v) is 7.16. The second-order valence-electron chi connectivity index (χ2n) is 9.43. The number of hydrogen-bond acceptors (Lipinski definition) is 9. The van der Waals surface area contributed by atoms with E-state index in [1.54, 1.807) is 29.2 Å². The maximum atomic E-state index is 14.8. The van der Waals surface area contributed by atoms with Crippen LogP contribution in [0.5, 0.6) is 17.4 Å². The fourth-order valence-electron chi connectivity index (χ4n) is 5.26. The van der Waals surface area contributed by atoms with Crippen molar-refractivity contribution in [3.63, 3.8) is 0 Å². The quantitative estimate of drug-likeness (QED) is 0.555. The number of pyridine rings is 2. The van der Waals surface area contributed by atoms with Crippen molar-refractivity contribution >= 4 is 22.8 Å². The molecule has 0 bridgehead atoms. The molecule has 1 aromatic carbocycles. The molecular weight excluding hydrogens is 483 g/mol. The zero-order chi connectivity index (χ0) is 25.5. The Bertz CT molecular complexity index is 1340. The average Bonchev–Trinajstić information content (AvgIpc) is 2.91. The van der Waals surface area contributed by atoms with Crippen molar-refractivity contribution in [1.82, 2.24) is 14.9 Å². The van der Waals surface area contributed by atoms with Crippen molar-refractivity contribution in [2.45, 2.75) is 18.6 Å². The van der Waals surface area contributed by atoms with Crippen LogP contribution in [0.3, 0.4) is 0 Å². The summed E-state index contributed by atoms with van der Waals surface area (Å²) >= 11 is 0. The summed E-state index contributed by atoms with van der Waals surface area (Å²) in [5.74, 6) is 1.09. The minimum absolute atomic E-state index is 0.0800. The van der Waals surface area contributed by atoms with Gasteiger partial charge in [0, 0.05) is 43.2 Å². The summed E-state index contributed by atoms with van der Waals surface area (Å²) in [7, 11) is 1.47. The van der Waals surface area contributed by atoms with Crippen molar-refractivity contribution in [2.75, 3.05) is 51.4 Å². The number of β-amino-alcohol motifs (C(OH)–C–C–N with tert-alkyl or cyclic N) is 1. The molecule has 3 aliphatic heterocycles. The number of nitrogens with zero attached hydrogens (tertiary/aromatic N) is 4. The summed E-state index contributed by atoms with van der Waals surface area (Å²) in [4.78, 5) is 24.9. The van der Waals surface area contributed by atoms with Gasteiger partial charge in [0.1, 0.15) is 30.7 Å². The molecule has 3 atom stereocenters. The molecule has 2 aromatic heterocycles. The monoisotopic (exact) mass is 510 g/mol. The number of carbonyl (C=O) groups excluding carboxylic acids is 1. The molecule has 194 valence electrons. The second kappa shape index (κ2) is 9.64. The normalized spacial score (nSPS) is 22.4. The van der Waals surface area contributed by atoms with Gasteiger partial charge in [0.25, 0.3) is 0 Å².